The lowest BCUT2D eigenvalue weighted by atomic mass is 10.1. The predicted molar refractivity (Wildman–Crippen MR) is 108 cm³/mol. The van der Waals surface area contributed by atoms with Crippen LogP contribution in [-0.2, 0) is 6.42 Å². The van der Waals surface area contributed by atoms with E-state index >= 15 is 0 Å². The van der Waals surface area contributed by atoms with Crippen molar-refractivity contribution in [2.75, 3.05) is 32.6 Å². The molecule has 6 heteroatoms. The third kappa shape index (κ3) is 6.47. The number of carbonyl (C=O) groups excluding carboxylic acids is 1. The molecule has 0 spiro atoms. The molecule has 27 heavy (non-hydrogen) atoms. The number of hydrogen-bond donors (Lipinski definition) is 2. The molecule has 1 heterocycles. The fourth-order valence-corrected chi connectivity index (χ4v) is 2.62. The summed E-state index contributed by atoms with van der Waals surface area (Å²) >= 11 is 0. The van der Waals surface area contributed by atoms with Crippen LogP contribution in [0.1, 0.15) is 36.3 Å². The van der Waals surface area contributed by atoms with E-state index in [2.05, 4.69) is 29.5 Å². The highest BCUT2D eigenvalue weighted by molar-refractivity contribution is 5.93. The van der Waals surface area contributed by atoms with Crippen LogP contribution >= 0.6 is 0 Å². The molecule has 0 aliphatic rings. The first-order valence-electron chi connectivity index (χ1n) is 9.22. The molecule has 2 aromatic rings. The van der Waals surface area contributed by atoms with Gasteiger partial charge in [-0.2, -0.15) is 0 Å². The third-order valence-electron chi connectivity index (χ3n) is 4.19. The molecule has 0 bridgehead atoms. The molecule has 0 aliphatic carbocycles. The van der Waals surface area contributed by atoms with E-state index in [1.54, 1.807) is 26.5 Å². The Kier molecular flexibility index (Phi) is 7.92. The SMILES string of the molecule is COc1ccc(CCNc2ccnc(C(=O)NCCC(C)C)c2)cc1OC. The molecule has 1 aromatic carbocycles. The standard InChI is InChI=1S/C21H29N3O3/c1-15(2)7-10-24-21(25)18-14-17(9-12-23-18)22-11-8-16-5-6-19(26-3)20(13-16)27-4/h5-6,9,12-15H,7-8,10-11H2,1-4H3,(H,22,23)(H,24,25). The number of benzene rings is 1. The lowest BCUT2D eigenvalue weighted by Crippen LogP contribution is -2.26. The maximum absolute atomic E-state index is 12.2. The summed E-state index contributed by atoms with van der Waals surface area (Å²) in [6, 6.07) is 9.53. The number of aromatic nitrogens is 1. The molecular formula is C21H29N3O3. The average Bonchev–Trinajstić information content (AvgIpc) is 2.67. The Morgan fingerprint density at radius 3 is 2.56 bits per heavy atom. The first kappa shape index (κ1) is 20.6. The number of carbonyl (C=O) groups is 1. The van der Waals surface area contributed by atoms with Gasteiger partial charge >= 0.3 is 0 Å². The number of nitrogens with one attached hydrogen (secondary N) is 2. The van der Waals surface area contributed by atoms with E-state index in [0.717, 1.165) is 42.1 Å². The van der Waals surface area contributed by atoms with Gasteiger partial charge in [-0.1, -0.05) is 19.9 Å². The number of anilines is 1. The average molecular weight is 371 g/mol. The van der Waals surface area contributed by atoms with Crippen molar-refractivity contribution in [3.05, 3.63) is 47.8 Å². The quantitative estimate of drug-likeness (QED) is 0.668. The molecule has 146 valence electrons. The number of amides is 1. The number of pyridine rings is 1. The Balaban J connectivity index is 1.88. The molecule has 0 atom stereocenters. The minimum Gasteiger partial charge on any atom is -0.493 e. The van der Waals surface area contributed by atoms with E-state index in [1.807, 2.05) is 24.3 Å². The van der Waals surface area contributed by atoms with Crippen molar-refractivity contribution < 1.29 is 14.3 Å². The number of nitrogens with zero attached hydrogens (tertiary/aromatic N) is 1. The summed E-state index contributed by atoms with van der Waals surface area (Å²) in [6.07, 6.45) is 3.42. The first-order chi connectivity index (χ1) is 13.0. The van der Waals surface area contributed by atoms with Gasteiger partial charge in [-0.15, -0.1) is 0 Å². The normalized spacial score (nSPS) is 10.6. The molecule has 0 aliphatic heterocycles. The fourth-order valence-electron chi connectivity index (χ4n) is 2.62. The van der Waals surface area contributed by atoms with Crippen molar-refractivity contribution in [2.24, 2.45) is 5.92 Å². The van der Waals surface area contributed by atoms with E-state index < -0.39 is 0 Å². The Morgan fingerprint density at radius 1 is 1.07 bits per heavy atom. The van der Waals surface area contributed by atoms with Gasteiger partial charge in [0.15, 0.2) is 11.5 Å². The maximum Gasteiger partial charge on any atom is 0.269 e. The Labute approximate surface area is 161 Å². The van der Waals surface area contributed by atoms with Crippen LogP contribution in [0.25, 0.3) is 0 Å². The van der Waals surface area contributed by atoms with Crippen molar-refractivity contribution in [1.29, 1.82) is 0 Å². The van der Waals surface area contributed by atoms with Crippen molar-refractivity contribution in [3.8, 4) is 11.5 Å². The second-order valence-electron chi connectivity index (χ2n) is 6.73. The molecule has 2 N–H and O–H groups in total. The van der Waals surface area contributed by atoms with Crippen molar-refractivity contribution in [3.63, 3.8) is 0 Å². The summed E-state index contributed by atoms with van der Waals surface area (Å²) < 4.78 is 10.6. The second kappa shape index (κ2) is 10.4. The molecule has 0 radical (unpaired) electrons. The summed E-state index contributed by atoms with van der Waals surface area (Å²) in [7, 11) is 3.25. The van der Waals surface area contributed by atoms with Gasteiger partial charge in [-0.05, 0) is 48.6 Å². The van der Waals surface area contributed by atoms with Gasteiger partial charge in [0.25, 0.3) is 5.91 Å². The van der Waals surface area contributed by atoms with Gasteiger partial charge in [0.2, 0.25) is 0 Å². The highest BCUT2D eigenvalue weighted by atomic mass is 16.5. The minimum absolute atomic E-state index is 0.140. The van der Waals surface area contributed by atoms with E-state index in [1.165, 1.54) is 0 Å². The Bertz CT molecular complexity index is 747. The monoisotopic (exact) mass is 371 g/mol. The summed E-state index contributed by atoms with van der Waals surface area (Å²) in [5.74, 6) is 1.86. The molecule has 1 aromatic heterocycles. The number of rotatable bonds is 10. The summed E-state index contributed by atoms with van der Waals surface area (Å²) in [5, 5.41) is 6.24. The molecule has 2 rings (SSSR count). The maximum atomic E-state index is 12.2. The molecule has 6 nitrogen and oxygen atoms in total. The molecular weight excluding hydrogens is 342 g/mol. The molecule has 0 fully saturated rings. The molecule has 0 saturated carbocycles. The van der Waals surface area contributed by atoms with Crippen molar-refractivity contribution in [2.45, 2.75) is 26.7 Å². The molecule has 0 unspecified atom stereocenters. The van der Waals surface area contributed by atoms with Crippen molar-refractivity contribution in [1.82, 2.24) is 10.3 Å². The van der Waals surface area contributed by atoms with Crippen LogP contribution in [0, 0.1) is 5.92 Å². The van der Waals surface area contributed by atoms with Gasteiger partial charge in [-0.25, -0.2) is 0 Å². The molecule has 1 amide bonds. The van der Waals surface area contributed by atoms with Crippen LogP contribution < -0.4 is 20.1 Å². The fraction of sp³-hybridized carbons (Fsp3) is 0.429. The van der Waals surface area contributed by atoms with Crippen LogP contribution in [0.3, 0.4) is 0 Å². The second-order valence-corrected chi connectivity index (χ2v) is 6.73. The smallest absolute Gasteiger partial charge is 0.269 e. The van der Waals surface area contributed by atoms with Crippen LogP contribution in [0.15, 0.2) is 36.5 Å². The van der Waals surface area contributed by atoms with Crippen LogP contribution in [0.2, 0.25) is 0 Å². The highest BCUT2D eigenvalue weighted by Gasteiger charge is 2.08. The largest absolute Gasteiger partial charge is 0.493 e. The van der Waals surface area contributed by atoms with Crippen LogP contribution in [0.4, 0.5) is 5.69 Å². The predicted octanol–water partition coefficient (Wildman–Crippen LogP) is 3.53. The van der Waals surface area contributed by atoms with E-state index in [0.29, 0.717) is 18.2 Å². The summed E-state index contributed by atoms with van der Waals surface area (Å²) in [5.41, 5.74) is 2.44. The number of methoxy groups -OCH3 is 2. The lowest BCUT2D eigenvalue weighted by Gasteiger charge is -2.11. The summed E-state index contributed by atoms with van der Waals surface area (Å²) in [4.78, 5) is 16.3. The summed E-state index contributed by atoms with van der Waals surface area (Å²) in [6.45, 7) is 5.66. The van der Waals surface area contributed by atoms with Gasteiger partial charge in [-0.3, -0.25) is 9.78 Å². The zero-order valence-corrected chi connectivity index (χ0v) is 16.5. The lowest BCUT2D eigenvalue weighted by molar-refractivity contribution is 0.0947. The van der Waals surface area contributed by atoms with E-state index in [-0.39, 0.29) is 5.91 Å². The highest BCUT2D eigenvalue weighted by Crippen LogP contribution is 2.27. The van der Waals surface area contributed by atoms with Gasteiger partial charge in [0.1, 0.15) is 5.69 Å². The van der Waals surface area contributed by atoms with Crippen LogP contribution in [0.5, 0.6) is 11.5 Å². The van der Waals surface area contributed by atoms with Crippen LogP contribution in [-0.4, -0.2) is 38.2 Å². The first-order valence-corrected chi connectivity index (χ1v) is 9.22. The number of hydrogen-bond acceptors (Lipinski definition) is 5. The Morgan fingerprint density at radius 2 is 1.85 bits per heavy atom. The van der Waals surface area contributed by atoms with Gasteiger partial charge < -0.3 is 20.1 Å². The zero-order chi connectivity index (χ0) is 19.6. The zero-order valence-electron chi connectivity index (χ0n) is 16.5. The third-order valence-corrected chi connectivity index (χ3v) is 4.19. The minimum atomic E-state index is -0.140. The number of ether oxygens (including phenoxy) is 2. The van der Waals surface area contributed by atoms with E-state index in [9.17, 15) is 4.79 Å². The molecule has 0 saturated heterocycles. The Hall–Kier alpha value is -2.76. The van der Waals surface area contributed by atoms with Gasteiger partial charge in [0, 0.05) is 25.0 Å². The van der Waals surface area contributed by atoms with Crippen molar-refractivity contribution >= 4 is 11.6 Å². The topological polar surface area (TPSA) is 72.5 Å². The van der Waals surface area contributed by atoms with Gasteiger partial charge in [0.05, 0.1) is 14.2 Å². The van der Waals surface area contributed by atoms with E-state index in [4.69, 9.17) is 9.47 Å².